The van der Waals surface area contributed by atoms with Crippen molar-refractivity contribution in [2.75, 3.05) is 13.6 Å². The summed E-state index contributed by atoms with van der Waals surface area (Å²) in [6.07, 6.45) is 5.98. The van der Waals surface area contributed by atoms with Crippen LogP contribution in [0.2, 0.25) is 0 Å². The second-order valence-electron chi connectivity index (χ2n) is 6.05. The normalized spacial score (nSPS) is 17.6. The molecule has 112 valence electrons. The van der Waals surface area contributed by atoms with E-state index in [1.165, 1.54) is 31.2 Å². The standard InChI is InChI=1S/C17H27NO2/c1-14(19)10-11-18(2)13-15-6-5-9-17(12-15)20-16-7-3-4-8-16/h5-6,9,12,14,16,19H,3-4,7-8,10-11,13H2,1-2H3. The van der Waals surface area contributed by atoms with Gasteiger partial charge in [-0.3, -0.25) is 0 Å². The van der Waals surface area contributed by atoms with Gasteiger partial charge in [-0.1, -0.05) is 12.1 Å². The van der Waals surface area contributed by atoms with Crippen LogP contribution in [0.15, 0.2) is 24.3 Å². The predicted octanol–water partition coefficient (Wildman–Crippen LogP) is 3.21. The predicted molar refractivity (Wildman–Crippen MR) is 82.0 cm³/mol. The van der Waals surface area contributed by atoms with Crippen LogP contribution in [0.5, 0.6) is 5.75 Å². The number of hydrogen-bond acceptors (Lipinski definition) is 3. The Morgan fingerprint density at radius 3 is 2.80 bits per heavy atom. The molecule has 1 N–H and O–H groups in total. The SMILES string of the molecule is CC(O)CCN(C)Cc1cccc(OC2CCCC2)c1. The molecule has 0 aliphatic heterocycles. The molecule has 0 bridgehead atoms. The lowest BCUT2D eigenvalue weighted by atomic mass is 10.2. The fraction of sp³-hybridized carbons (Fsp3) is 0.647. The molecule has 1 aromatic rings. The summed E-state index contributed by atoms with van der Waals surface area (Å²) in [5, 5.41) is 9.32. The van der Waals surface area contributed by atoms with Crippen molar-refractivity contribution in [2.45, 2.75) is 57.8 Å². The van der Waals surface area contributed by atoms with Gasteiger partial charge < -0.3 is 14.7 Å². The van der Waals surface area contributed by atoms with Crippen molar-refractivity contribution in [2.24, 2.45) is 0 Å². The molecule has 1 atom stereocenters. The van der Waals surface area contributed by atoms with E-state index in [1.54, 1.807) is 0 Å². The van der Waals surface area contributed by atoms with E-state index < -0.39 is 0 Å². The zero-order valence-electron chi connectivity index (χ0n) is 12.7. The second-order valence-corrected chi connectivity index (χ2v) is 6.05. The van der Waals surface area contributed by atoms with Crippen molar-refractivity contribution in [3.8, 4) is 5.75 Å². The lowest BCUT2D eigenvalue weighted by Gasteiger charge is -2.19. The van der Waals surface area contributed by atoms with Gasteiger partial charge in [0, 0.05) is 13.1 Å². The highest BCUT2D eigenvalue weighted by molar-refractivity contribution is 5.28. The van der Waals surface area contributed by atoms with Gasteiger partial charge in [0.15, 0.2) is 0 Å². The molecule has 1 aliphatic rings. The van der Waals surface area contributed by atoms with Gasteiger partial charge >= 0.3 is 0 Å². The molecule has 1 aliphatic carbocycles. The van der Waals surface area contributed by atoms with Gasteiger partial charge in [-0.05, 0) is 63.8 Å². The van der Waals surface area contributed by atoms with Crippen LogP contribution in [0.1, 0.15) is 44.6 Å². The molecule has 0 aromatic heterocycles. The van der Waals surface area contributed by atoms with Crippen LogP contribution in [-0.4, -0.2) is 35.8 Å². The molecule has 3 nitrogen and oxygen atoms in total. The van der Waals surface area contributed by atoms with Gasteiger partial charge in [-0.2, -0.15) is 0 Å². The molecule has 0 radical (unpaired) electrons. The number of aliphatic hydroxyl groups excluding tert-OH is 1. The highest BCUT2D eigenvalue weighted by Gasteiger charge is 2.16. The van der Waals surface area contributed by atoms with E-state index in [0.717, 1.165) is 25.3 Å². The molecule has 0 saturated heterocycles. The van der Waals surface area contributed by atoms with E-state index in [9.17, 15) is 5.11 Å². The van der Waals surface area contributed by atoms with Crippen molar-refractivity contribution in [3.05, 3.63) is 29.8 Å². The van der Waals surface area contributed by atoms with Crippen molar-refractivity contribution >= 4 is 0 Å². The van der Waals surface area contributed by atoms with E-state index in [2.05, 4.69) is 36.2 Å². The van der Waals surface area contributed by atoms with Crippen molar-refractivity contribution in [1.29, 1.82) is 0 Å². The van der Waals surface area contributed by atoms with Gasteiger partial charge in [0.1, 0.15) is 5.75 Å². The summed E-state index contributed by atoms with van der Waals surface area (Å²) in [6.45, 7) is 3.64. The van der Waals surface area contributed by atoms with Gasteiger partial charge in [-0.15, -0.1) is 0 Å². The zero-order valence-corrected chi connectivity index (χ0v) is 12.7. The van der Waals surface area contributed by atoms with E-state index in [4.69, 9.17) is 4.74 Å². The maximum atomic E-state index is 9.32. The maximum absolute atomic E-state index is 9.32. The Morgan fingerprint density at radius 1 is 1.35 bits per heavy atom. The Labute approximate surface area is 122 Å². The van der Waals surface area contributed by atoms with E-state index in [1.807, 2.05) is 6.92 Å². The average Bonchev–Trinajstić information content (AvgIpc) is 2.89. The third-order valence-corrected chi connectivity index (χ3v) is 3.88. The molecule has 0 heterocycles. The smallest absolute Gasteiger partial charge is 0.120 e. The van der Waals surface area contributed by atoms with E-state index in [0.29, 0.717) is 6.10 Å². The molecule has 1 unspecified atom stereocenters. The summed E-state index contributed by atoms with van der Waals surface area (Å²) < 4.78 is 6.04. The van der Waals surface area contributed by atoms with Gasteiger partial charge in [-0.25, -0.2) is 0 Å². The van der Waals surface area contributed by atoms with E-state index >= 15 is 0 Å². The summed E-state index contributed by atoms with van der Waals surface area (Å²) in [5.41, 5.74) is 1.27. The van der Waals surface area contributed by atoms with E-state index in [-0.39, 0.29) is 6.10 Å². The summed E-state index contributed by atoms with van der Waals surface area (Å²) in [4.78, 5) is 2.24. The highest BCUT2D eigenvalue weighted by atomic mass is 16.5. The van der Waals surface area contributed by atoms with Gasteiger partial charge in [0.25, 0.3) is 0 Å². The van der Waals surface area contributed by atoms with Crippen LogP contribution >= 0.6 is 0 Å². The first kappa shape index (κ1) is 15.3. The summed E-state index contributed by atoms with van der Waals surface area (Å²) in [5.74, 6) is 0.998. The lowest BCUT2D eigenvalue weighted by Crippen LogP contribution is -2.22. The van der Waals surface area contributed by atoms with Crippen molar-refractivity contribution in [1.82, 2.24) is 4.90 Å². The zero-order chi connectivity index (χ0) is 14.4. The molecule has 1 saturated carbocycles. The fourth-order valence-electron chi connectivity index (χ4n) is 2.71. The number of ether oxygens (including phenoxy) is 1. The molecule has 0 amide bonds. The molecule has 3 heteroatoms. The Balaban J connectivity index is 1.85. The number of benzene rings is 1. The highest BCUT2D eigenvalue weighted by Crippen LogP contribution is 2.24. The van der Waals surface area contributed by atoms with Crippen LogP contribution in [0.4, 0.5) is 0 Å². The summed E-state index contributed by atoms with van der Waals surface area (Å²) in [6, 6.07) is 8.41. The lowest BCUT2D eigenvalue weighted by molar-refractivity contribution is 0.162. The topological polar surface area (TPSA) is 32.7 Å². The Morgan fingerprint density at radius 2 is 2.10 bits per heavy atom. The minimum absolute atomic E-state index is 0.227. The average molecular weight is 277 g/mol. The number of nitrogens with zero attached hydrogens (tertiary/aromatic N) is 1. The van der Waals surface area contributed by atoms with Gasteiger partial charge in [0.2, 0.25) is 0 Å². The third-order valence-electron chi connectivity index (χ3n) is 3.88. The van der Waals surface area contributed by atoms with Crippen molar-refractivity contribution < 1.29 is 9.84 Å². The molecular weight excluding hydrogens is 250 g/mol. The number of aliphatic hydroxyl groups is 1. The fourth-order valence-corrected chi connectivity index (χ4v) is 2.71. The van der Waals surface area contributed by atoms with Crippen LogP contribution in [0.3, 0.4) is 0 Å². The summed E-state index contributed by atoms with van der Waals surface area (Å²) in [7, 11) is 2.09. The van der Waals surface area contributed by atoms with Crippen LogP contribution < -0.4 is 4.74 Å². The molecule has 1 aromatic carbocycles. The third kappa shape index (κ3) is 5.14. The Bertz CT molecular complexity index is 400. The quantitative estimate of drug-likeness (QED) is 0.830. The summed E-state index contributed by atoms with van der Waals surface area (Å²) >= 11 is 0. The second kappa shape index (κ2) is 7.65. The van der Waals surface area contributed by atoms with Crippen LogP contribution in [-0.2, 0) is 6.54 Å². The number of rotatable bonds is 7. The van der Waals surface area contributed by atoms with Crippen molar-refractivity contribution in [3.63, 3.8) is 0 Å². The van der Waals surface area contributed by atoms with Gasteiger partial charge in [0.05, 0.1) is 12.2 Å². The van der Waals surface area contributed by atoms with Crippen LogP contribution in [0, 0.1) is 0 Å². The molecule has 20 heavy (non-hydrogen) atoms. The molecule has 2 rings (SSSR count). The molecule has 1 fully saturated rings. The minimum Gasteiger partial charge on any atom is -0.490 e. The Hall–Kier alpha value is -1.06. The first-order valence-corrected chi connectivity index (χ1v) is 7.75. The molecule has 0 spiro atoms. The number of hydrogen-bond donors (Lipinski definition) is 1. The minimum atomic E-state index is -0.227. The first-order valence-electron chi connectivity index (χ1n) is 7.75. The van der Waals surface area contributed by atoms with Crippen LogP contribution in [0.25, 0.3) is 0 Å². The molecular formula is C17H27NO2. The largest absolute Gasteiger partial charge is 0.490 e. The first-order chi connectivity index (χ1) is 9.63. The Kier molecular flexibility index (Phi) is 5.86. The maximum Gasteiger partial charge on any atom is 0.120 e. The monoisotopic (exact) mass is 277 g/mol.